The van der Waals surface area contributed by atoms with Crippen LogP contribution in [0.5, 0.6) is 0 Å². The van der Waals surface area contributed by atoms with Crippen LogP contribution in [0, 0.1) is 41.4 Å². The number of hydrogen-bond donors (Lipinski definition) is 1. The zero-order chi connectivity index (χ0) is 28.2. The molecule has 222 valence electrons. The number of esters is 2. The molecule has 3 saturated carbocycles. The first-order valence-corrected chi connectivity index (χ1v) is 16.1. The van der Waals surface area contributed by atoms with Crippen LogP contribution in [0.3, 0.4) is 0 Å². The van der Waals surface area contributed by atoms with Crippen LogP contribution in [0.25, 0.3) is 0 Å². The fraction of sp³-hybridized carbons (Fsp3) is 0.824. The lowest BCUT2D eigenvalue weighted by Crippen LogP contribution is -2.32. The molecule has 0 spiro atoms. The summed E-state index contributed by atoms with van der Waals surface area (Å²) in [6.07, 6.45) is 21.8. The molecule has 0 amide bonds. The van der Waals surface area contributed by atoms with E-state index in [0.29, 0.717) is 11.5 Å². The number of aliphatic hydroxyl groups is 1. The Hall–Kier alpha value is -1.62. The number of carbonyl (C=O) groups is 2. The summed E-state index contributed by atoms with van der Waals surface area (Å²) in [6.45, 7) is 11.1. The molecule has 0 aromatic carbocycles. The molecule has 3 aliphatic carbocycles. The third-order valence-electron chi connectivity index (χ3n) is 10.3. The first-order chi connectivity index (χ1) is 18.8. The minimum Gasteiger partial charge on any atom is -0.462 e. The molecule has 0 heterocycles. The zero-order valence-corrected chi connectivity index (χ0v) is 25.0. The number of hydrogen-bond acceptors (Lipinski definition) is 5. The molecule has 0 aromatic heterocycles. The van der Waals surface area contributed by atoms with Gasteiger partial charge in [0.15, 0.2) is 0 Å². The zero-order valence-electron chi connectivity index (χ0n) is 25.0. The van der Waals surface area contributed by atoms with Crippen molar-refractivity contribution in [1.82, 2.24) is 0 Å². The van der Waals surface area contributed by atoms with E-state index in [9.17, 15) is 9.59 Å². The molecule has 5 heteroatoms. The number of fused-ring (bicyclic) bond motifs is 1. The van der Waals surface area contributed by atoms with Crippen LogP contribution in [-0.4, -0.2) is 36.9 Å². The Bertz CT molecular complexity index is 795. The van der Waals surface area contributed by atoms with Crippen LogP contribution in [0.1, 0.15) is 117 Å². The maximum atomic E-state index is 12.0. The second-order valence-electron chi connectivity index (χ2n) is 13.2. The summed E-state index contributed by atoms with van der Waals surface area (Å²) in [5.41, 5.74) is 0.419. The van der Waals surface area contributed by atoms with Gasteiger partial charge in [-0.1, -0.05) is 84.3 Å². The highest BCUT2D eigenvalue weighted by Crippen LogP contribution is 2.47. The third kappa shape index (κ3) is 10.4. The van der Waals surface area contributed by atoms with Crippen LogP contribution in [-0.2, 0) is 19.1 Å². The van der Waals surface area contributed by atoms with Crippen LogP contribution in [0.2, 0.25) is 0 Å². The topological polar surface area (TPSA) is 72.8 Å². The average molecular weight is 545 g/mol. The maximum absolute atomic E-state index is 12.0. The van der Waals surface area contributed by atoms with Gasteiger partial charge in [-0.05, 0) is 81.0 Å². The first-order valence-electron chi connectivity index (χ1n) is 16.1. The summed E-state index contributed by atoms with van der Waals surface area (Å²) < 4.78 is 10.9. The Morgan fingerprint density at radius 1 is 0.769 bits per heavy atom. The predicted octanol–water partition coefficient (Wildman–Crippen LogP) is 7.81. The van der Waals surface area contributed by atoms with E-state index in [1.807, 2.05) is 0 Å². The van der Waals surface area contributed by atoms with E-state index in [1.54, 1.807) is 6.92 Å². The quantitative estimate of drug-likeness (QED) is 0.129. The van der Waals surface area contributed by atoms with Crippen molar-refractivity contribution >= 4 is 11.9 Å². The Morgan fingerprint density at radius 3 is 1.87 bits per heavy atom. The number of aliphatic hydroxyl groups excluding tert-OH is 1. The highest BCUT2D eigenvalue weighted by molar-refractivity contribution is 5.88. The summed E-state index contributed by atoms with van der Waals surface area (Å²) >= 11 is 0. The lowest BCUT2D eigenvalue weighted by atomic mass is 9.63. The van der Waals surface area contributed by atoms with Gasteiger partial charge < -0.3 is 14.6 Å². The number of unbranched alkanes of at least 4 members (excludes halogenated alkanes) is 2. The van der Waals surface area contributed by atoms with Gasteiger partial charge in [-0.25, -0.2) is 9.59 Å². The molecule has 0 aliphatic heterocycles. The Labute approximate surface area is 238 Å². The average Bonchev–Trinajstić information content (AvgIpc) is 2.95. The van der Waals surface area contributed by atoms with Crippen LogP contribution < -0.4 is 0 Å². The van der Waals surface area contributed by atoms with E-state index in [-0.39, 0.29) is 24.7 Å². The molecular formula is C34H56O5. The number of carbonyl (C=O) groups excluding carboxylic acids is 2. The maximum Gasteiger partial charge on any atom is 0.335 e. The Kier molecular flexibility index (Phi) is 13.6. The summed E-state index contributed by atoms with van der Waals surface area (Å²) in [7, 11) is 0. The van der Waals surface area contributed by atoms with E-state index < -0.39 is 18.5 Å². The van der Waals surface area contributed by atoms with Gasteiger partial charge in [-0.15, -0.1) is 0 Å². The van der Waals surface area contributed by atoms with Crippen molar-refractivity contribution in [2.75, 3.05) is 19.8 Å². The molecular weight excluding hydrogens is 488 g/mol. The molecule has 1 N–H and O–H groups in total. The molecule has 5 nitrogen and oxygen atoms in total. The van der Waals surface area contributed by atoms with Gasteiger partial charge >= 0.3 is 11.9 Å². The monoisotopic (exact) mass is 544 g/mol. The van der Waals surface area contributed by atoms with Crippen molar-refractivity contribution in [3.8, 4) is 0 Å². The highest BCUT2D eigenvalue weighted by Gasteiger charge is 2.36. The highest BCUT2D eigenvalue weighted by atomic mass is 16.5. The van der Waals surface area contributed by atoms with Crippen molar-refractivity contribution in [3.05, 3.63) is 24.3 Å². The molecule has 0 radical (unpaired) electrons. The van der Waals surface area contributed by atoms with Gasteiger partial charge in [0.1, 0.15) is 0 Å². The van der Waals surface area contributed by atoms with Crippen molar-refractivity contribution in [2.24, 2.45) is 41.4 Å². The van der Waals surface area contributed by atoms with Crippen molar-refractivity contribution < 1.29 is 24.2 Å². The molecule has 3 rings (SSSR count). The Morgan fingerprint density at radius 2 is 1.31 bits per heavy atom. The molecule has 0 aromatic rings. The van der Waals surface area contributed by atoms with Gasteiger partial charge in [0.2, 0.25) is 0 Å². The largest absolute Gasteiger partial charge is 0.462 e. The fourth-order valence-electron chi connectivity index (χ4n) is 7.69. The molecule has 39 heavy (non-hydrogen) atoms. The van der Waals surface area contributed by atoms with E-state index in [4.69, 9.17) is 14.6 Å². The van der Waals surface area contributed by atoms with E-state index in [0.717, 1.165) is 42.4 Å². The lowest BCUT2D eigenvalue weighted by molar-refractivity contribution is -0.146. The van der Waals surface area contributed by atoms with E-state index >= 15 is 0 Å². The van der Waals surface area contributed by atoms with Crippen LogP contribution in [0.15, 0.2) is 24.3 Å². The molecule has 0 saturated heterocycles. The summed E-state index contributed by atoms with van der Waals surface area (Å²) in [4.78, 5) is 24.0. The van der Waals surface area contributed by atoms with Crippen molar-refractivity contribution in [1.29, 1.82) is 0 Å². The molecule has 5 unspecified atom stereocenters. The van der Waals surface area contributed by atoms with Gasteiger partial charge in [-0.2, -0.15) is 0 Å². The molecule has 3 fully saturated rings. The smallest absolute Gasteiger partial charge is 0.335 e. The number of ether oxygens (including phenoxy) is 2. The summed E-state index contributed by atoms with van der Waals surface area (Å²) in [5, 5.41) is 9.15. The van der Waals surface area contributed by atoms with Gasteiger partial charge in [0.05, 0.1) is 25.4 Å². The third-order valence-corrected chi connectivity index (χ3v) is 10.3. The van der Waals surface area contributed by atoms with Gasteiger partial charge in [0.25, 0.3) is 0 Å². The van der Waals surface area contributed by atoms with Crippen molar-refractivity contribution in [2.45, 2.75) is 117 Å². The minimum absolute atomic E-state index is 0.0444. The van der Waals surface area contributed by atoms with Crippen LogP contribution in [0.4, 0.5) is 0 Å². The first kappa shape index (κ1) is 31.9. The summed E-state index contributed by atoms with van der Waals surface area (Å²) in [5.74, 6) is 4.05. The minimum atomic E-state index is -0.581. The second-order valence-corrected chi connectivity index (χ2v) is 13.2. The van der Waals surface area contributed by atoms with Crippen LogP contribution >= 0.6 is 0 Å². The molecule has 0 bridgehead atoms. The summed E-state index contributed by atoms with van der Waals surface area (Å²) in [6, 6.07) is 0. The number of rotatable bonds is 15. The second kappa shape index (κ2) is 16.6. The normalized spacial score (nSPS) is 29.6. The van der Waals surface area contributed by atoms with Crippen molar-refractivity contribution in [3.63, 3.8) is 0 Å². The van der Waals surface area contributed by atoms with E-state index in [2.05, 4.69) is 20.1 Å². The lowest BCUT2D eigenvalue weighted by Gasteiger charge is -2.43. The van der Waals surface area contributed by atoms with Gasteiger partial charge in [0, 0.05) is 11.5 Å². The van der Waals surface area contributed by atoms with E-state index in [1.165, 1.54) is 89.9 Å². The molecule has 3 aliphatic rings. The standard InChI is InChI=1S/C34H56O5/c1-5-6-7-8-27-13-17-31-20-28(14-18-30(31)19-27)10-9-26-11-15-29(16-12-26)32(22-38-33(36)24(2)3)23-39-34(37)25(4)21-35/h26-32,35H,2,4-23H2,1,3H3. The predicted molar refractivity (Wildman–Crippen MR) is 157 cm³/mol. The van der Waals surface area contributed by atoms with Gasteiger partial charge in [-0.3, -0.25) is 0 Å². The SMILES string of the molecule is C=C(C)C(=O)OCC(COC(=O)C(=C)CO)C1CCC(CCC2CCC3CC(CCCCC)CCC3C2)CC1. The molecule has 5 atom stereocenters. The Balaban J connectivity index is 1.39. The fourth-order valence-corrected chi connectivity index (χ4v) is 7.69.